The summed E-state index contributed by atoms with van der Waals surface area (Å²) in [6, 6.07) is 0. The summed E-state index contributed by atoms with van der Waals surface area (Å²) in [5, 5.41) is 30.0. The van der Waals surface area contributed by atoms with E-state index >= 15 is 0 Å². The number of aliphatic hydroxyl groups is 3. The fourth-order valence-electron chi connectivity index (χ4n) is 4.57. The molecule has 2 aliphatic carbocycles. The van der Waals surface area contributed by atoms with Crippen LogP contribution >= 0.6 is 11.6 Å². The van der Waals surface area contributed by atoms with Crippen LogP contribution in [-0.2, 0) is 4.79 Å². The second-order valence-electron chi connectivity index (χ2n) is 7.32. The van der Waals surface area contributed by atoms with Crippen molar-refractivity contribution in [3.63, 3.8) is 0 Å². The molecule has 0 aromatic carbocycles. The Morgan fingerprint density at radius 2 is 1.95 bits per heavy atom. The van der Waals surface area contributed by atoms with Gasteiger partial charge in [-0.15, -0.1) is 11.6 Å². The quantitative estimate of drug-likeness (QED) is 0.693. The van der Waals surface area contributed by atoms with Crippen molar-refractivity contribution >= 4 is 17.4 Å². The number of hydrogen-bond acceptors (Lipinski definition) is 4. The molecule has 0 radical (unpaired) electrons. The molecule has 0 amide bonds. The number of carbonyl (C=O) groups excluding carboxylic acids is 1. The second kappa shape index (κ2) is 5.80. The molecule has 7 unspecified atom stereocenters. The molecule has 7 atom stereocenters. The van der Waals surface area contributed by atoms with Crippen LogP contribution < -0.4 is 0 Å². The number of Topliss-reactive ketones (excluding diaryl/α,β-unsaturated/α-hetero) is 1. The molecule has 21 heavy (non-hydrogen) atoms. The van der Waals surface area contributed by atoms with Crippen LogP contribution in [0.2, 0.25) is 0 Å². The highest BCUT2D eigenvalue weighted by Gasteiger charge is 2.65. The molecule has 0 bridgehead atoms. The van der Waals surface area contributed by atoms with Gasteiger partial charge in [0, 0.05) is 13.0 Å². The molecule has 0 aromatic rings. The van der Waals surface area contributed by atoms with Crippen molar-refractivity contribution in [3.8, 4) is 0 Å². The van der Waals surface area contributed by atoms with Gasteiger partial charge in [0.15, 0.2) is 0 Å². The van der Waals surface area contributed by atoms with Crippen molar-refractivity contribution in [2.24, 2.45) is 23.2 Å². The molecule has 0 aliphatic heterocycles. The molecule has 0 aromatic heterocycles. The van der Waals surface area contributed by atoms with Gasteiger partial charge >= 0.3 is 0 Å². The number of alkyl halides is 1. The van der Waals surface area contributed by atoms with E-state index in [0.29, 0.717) is 5.92 Å². The summed E-state index contributed by atoms with van der Waals surface area (Å²) in [6.07, 6.45) is 1.56. The van der Waals surface area contributed by atoms with Gasteiger partial charge in [-0.05, 0) is 44.4 Å². The molecule has 122 valence electrons. The Hall–Kier alpha value is -0.160. The smallest absolute Gasteiger partial charge is 0.144 e. The zero-order valence-electron chi connectivity index (χ0n) is 13.1. The summed E-state index contributed by atoms with van der Waals surface area (Å²) in [7, 11) is 0. The predicted molar refractivity (Wildman–Crippen MR) is 81.1 cm³/mol. The van der Waals surface area contributed by atoms with Gasteiger partial charge in [-0.1, -0.05) is 13.3 Å². The lowest BCUT2D eigenvalue weighted by Gasteiger charge is -2.59. The van der Waals surface area contributed by atoms with Gasteiger partial charge in [-0.3, -0.25) is 4.79 Å². The zero-order chi connectivity index (χ0) is 16.0. The highest BCUT2D eigenvalue weighted by molar-refractivity contribution is 6.21. The third-order valence-corrected chi connectivity index (χ3v) is 6.72. The molecule has 2 fully saturated rings. The fourth-order valence-corrected chi connectivity index (χ4v) is 5.09. The minimum absolute atomic E-state index is 0.00506. The van der Waals surface area contributed by atoms with E-state index in [1.165, 1.54) is 6.92 Å². The van der Waals surface area contributed by atoms with Gasteiger partial charge in [0.05, 0.1) is 16.9 Å². The van der Waals surface area contributed by atoms with E-state index < -0.39 is 22.5 Å². The first-order valence-electron chi connectivity index (χ1n) is 7.86. The molecule has 2 aliphatic rings. The van der Waals surface area contributed by atoms with Crippen LogP contribution in [0.25, 0.3) is 0 Å². The van der Waals surface area contributed by atoms with E-state index in [-0.39, 0.29) is 30.6 Å². The first-order chi connectivity index (χ1) is 9.67. The lowest BCUT2D eigenvalue weighted by atomic mass is 9.48. The molecule has 2 saturated carbocycles. The third kappa shape index (κ3) is 2.44. The summed E-state index contributed by atoms with van der Waals surface area (Å²) in [6.45, 7) is 5.17. The van der Waals surface area contributed by atoms with Gasteiger partial charge in [0.25, 0.3) is 0 Å². The summed E-state index contributed by atoms with van der Waals surface area (Å²) < 4.78 is 0. The van der Waals surface area contributed by atoms with Crippen LogP contribution in [-0.4, -0.2) is 44.8 Å². The van der Waals surface area contributed by atoms with Gasteiger partial charge in [-0.2, -0.15) is 0 Å². The summed E-state index contributed by atoms with van der Waals surface area (Å²) in [5.41, 5.74) is -2.64. The normalized spacial score (nSPS) is 50.5. The number of hydrogen-bond donors (Lipinski definition) is 3. The van der Waals surface area contributed by atoms with Crippen molar-refractivity contribution in [2.45, 2.75) is 63.5 Å². The molecular formula is C16H27ClO4. The number of fused-ring (bicyclic) bond motifs is 1. The largest absolute Gasteiger partial charge is 0.396 e. The van der Waals surface area contributed by atoms with Gasteiger partial charge in [-0.25, -0.2) is 0 Å². The van der Waals surface area contributed by atoms with Crippen LogP contribution in [0.5, 0.6) is 0 Å². The third-order valence-electron chi connectivity index (χ3n) is 6.16. The number of rotatable bonds is 3. The fraction of sp³-hybridized carbons (Fsp3) is 0.938. The van der Waals surface area contributed by atoms with Crippen molar-refractivity contribution in [1.29, 1.82) is 0 Å². The minimum Gasteiger partial charge on any atom is -0.396 e. The number of carbonyl (C=O) groups is 1. The maximum atomic E-state index is 12.6. The van der Waals surface area contributed by atoms with E-state index in [9.17, 15) is 15.0 Å². The average Bonchev–Trinajstić information content (AvgIpc) is 2.43. The molecule has 0 spiro atoms. The molecule has 5 heteroatoms. The Bertz CT molecular complexity index is 411. The van der Waals surface area contributed by atoms with E-state index in [1.54, 1.807) is 6.92 Å². The SMILES string of the molecule is CC1CCC2C(C1)C(Cl)C(O)C(C)(O)C2(C)C(=O)CCO. The first kappa shape index (κ1) is 17.2. The highest BCUT2D eigenvalue weighted by atomic mass is 35.5. The van der Waals surface area contributed by atoms with Crippen LogP contribution in [0.15, 0.2) is 0 Å². The van der Waals surface area contributed by atoms with Gasteiger partial charge in [0.2, 0.25) is 0 Å². The van der Waals surface area contributed by atoms with Crippen molar-refractivity contribution in [3.05, 3.63) is 0 Å². The van der Waals surface area contributed by atoms with Crippen LogP contribution in [0.3, 0.4) is 0 Å². The summed E-state index contributed by atoms with van der Waals surface area (Å²) >= 11 is 6.43. The maximum absolute atomic E-state index is 12.6. The lowest BCUT2D eigenvalue weighted by molar-refractivity contribution is -0.211. The monoisotopic (exact) mass is 318 g/mol. The van der Waals surface area contributed by atoms with Gasteiger partial charge < -0.3 is 15.3 Å². The van der Waals surface area contributed by atoms with Crippen molar-refractivity contribution < 1.29 is 20.1 Å². The number of halogens is 1. The Kier molecular flexibility index (Phi) is 4.75. The van der Waals surface area contributed by atoms with Crippen LogP contribution in [0.4, 0.5) is 0 Å². The zero-order valence-corrected chi connectivity index (χ0v) is 13.8. The van der Waals surface area contributed by atoms with Crippen LogP contribution in [0, 0.1) is 23.2 Å². The Balaban J connectivity index is 2.45. The minimum atomic E-state index is -1.58. The first-order valence-corrected chi connectivity index (χ1v) is 8.30. The Labute approximate surface area is 131 Å². The maximum Gasteiger partial charge on any atom is 0.144 e. The standard InChI is InChI=1S/C16H27ClO4/c1-9-4-5-11-10(8-9)13(17)14(20)16(3,21)15(11,2)12(19)6-7-18/h9-11,13-14,18,20-21H,4-8H2,1-3H3. The van der Waals surface area contributed by atoms with E-state index in [1.807, 2.05) is 0 Å². The lowest BCUT2D eigenvalue weighted by Crippen LogP contribution is -2.69. The van der Waals surface area contributed by atoms with E-state index in [2.05, 4.69) is 6.92 Å². The molecule has 3 N–H and O–H groups in total. The predicted octanol–water partition coefficient (Wildman–Crippen LogP) is 1.73. The average molecular weight is 319 g/mol. The summed E-state index contributed by atoms with van der Waals surface area (Å²) in [4.78, 5) is 12.6. The topological polar surface area (TPSA) is 77.8 Å². The highest BCUT2D eigenvalue weighted by Crippen LogP contribution is 2.58. The van der Waals surface area contributed by atoms with Gasteiger partial charge in [0.1, 0.15) is 11.4 Å². The molecule has 2 rings (SSSR count). The van der Waals surface area contributed by atoms with Crippen molar-refractivity contribution in [2.75, 3.05) is 6.61 Å². The second-order valence-corrected chi connectivity index (χ2v) is 7.83. The van der Waals surface area contributed by atoms with E-state index in [0.717, 1.165) is 19.3 Å². The number of ketones is 1. The molecule has 0 saturated heterocycles. The molecular weight excluding hydrogens is 292 g/mol. The number of aliphatic hydroxyl groups excluding tert-OH is 2. The molecule has 4 nitrogen and oxygen atoms in total. The van der Waals surface area contributed by atoms with E-state index in [4.69, 9.17) is 16.7 Å². The molecule has 0 heterocycles. The Morgan fingerprint density at radius 3 is 2.52 bits per heavy atom. The van der Waals surface area contributed by atoms with Crippen LogP contribution in [0.1, 0.15) is 46.5 Å². The Morgan fingerprint density at radius 1 is 1.33 bits per heavy atom. The van der Waals surface area contributed by atoms with Crippen molar-refractivity contribution in [1.82, 2.24) is 0 Å². The summed E-state index contributed by atoms with van der Waals surface area (Å²) in [5.74, 6) is 0.314.